The maximum Gasteiger partial charge on any atom is 0.00682 e. The van der Waals surface area contributed by atoms with E-state index in [2.05, 4.69) is 10.6 Å². The summed E-state index contributed by atoms with van der Waals surface area (Å²) in [5.41, 5.74) is 0. The summed E-state index contributed by atoms with van der Waals surface area (Å²) in [5.74, 6) is 1.01. The van der Waals surface area contributed by atoms with Gasteiger partial charge in [-0.05, 0) is 57.7 Å². The zero-order valence-electron chi connectivity index (χ0n) is 8.52. The van der Waals surface area contributed by atoms with E-state index in [0.29, 0.717) is 0 Å². The summed E-state index contributed by atoms with van der Waals surface area (Å²) in [6.07, 6.45) is 8.52. The third-order valence-electron chi connectivity index (χ3n) is 3.20. The van der Waals surface area contributed by atoms with Crippen LogP contribution in [0, 0.1) is 5.92 Å². The summed E-state index contributed by atoms with van der Waals surface area (Å²) in [6, 6.07) is 0.881. The molecule has 0 spiro atoms. The Hall–Kier alpha value is -0.0800. The van der Waals surface area contributed by atoms with Crippen LogP contribution in [0.4, 0.5) is 0 Å². The molecular weight excluding hydrogens is 160 g/mol. The van der Waals surface area contributed by atoms with E-state index in [1.54, 1.807) is 0 Å². The summed E-state index contributed by atoms with van der Waals surface area (Å²) in [6.45, 7) is 3.68. The van der Waals surface area contributed by atoms with Gasteiger partial charge in [-0.2, -0.15) is 0 Å². The molecule has 76 valence electrons. The molecule has 0 aromatic rings. The van der Waals surface area contributed by atoms with Gasteiger partial charge in [-0.1, -0.05) is 6.42 Å². The predicted octanol–water partition coefficient (Wildman–Crippen LogP) is 1.52. The van der Waals surface area contributed by atoms with E-state index in [1.807, 2.05) is 0 Å². The lowest BCUT2D eigenvalue weighted by Gasteiger charge is -2.25. The van der Waals surface area contributed by atoms with Gasteiger partial charge in [0.15, 0.2) is 0 Å². The van der Waals surface area contributed by atoms with Crippen LogP contribution in [-0.4, -0.2) is 25.7 Å². The molecule has 2 aliphatic rings. The molecule has 0 aromatic heterocycles. The largest absolute Gasteiger partial charge is 0.316 e. The first-order chi connectivity index (χ1) is 6.45. The highest BCUT2D eigenvalue weighted by atomic mass is 14.9. The van der Waals surface area contributed by atoms with Gasteiger partial charge in [0.25, 0.3) is 0 Å². The second-order valence-electron chi connectivity index (χ2n) is 4.58. The van der Waals surface area contributed by atoms with Gasteiger partial charge in [-0.25, -0.2) is 0 Å². The smallest absolute Gasteiger partial charge is 0.00682 e. The topological polar surface area (TPSA) is 24.1 Å². The lowest BCUT2D eigenvalue weighted by Crippen LogP contribution is -2.29. The quantitative estimate of drug-likeness (QED) is 0.583. The summed E-state index contributed by atoms with van der Waals surface area (Å²) < 4.78 is 0. The molecule has 2 heteroatoms. The first-order valence-corrected chi connectivity index (χ1v) is 5.89. The van der Waals surface area contributed by atoms with Gasteiger partial charge in [0.1, 0.15) is 0 Å². The standard InChI is InChI=1S/C11H22N2/c1-3-10(4-1)9-12-7-2-8-13-11-5-6-11/h10-13H,1-9H2. The highest BCUT2D eigenvalue weighted by Gasteiger charge is 2.19. The fourth-order valence-corrected chi connectivity index (χ4v) is 1.81. The molecule has 2 N–H and O–H groups in total. The summed E-state index contributed by atoms with van der Waals surface area (Å²) in [5, 5.41) is 7.07. The second-order valence-corrected chi connectivity index (χ2v) is 4.58. The Labute approximate surface area is 81.5 Å². The number of rotatable bonds is 7. The Kier molecular flexibility index (Phi) is 3.62. The molecule has 2 fully saturated rings. The van der Waals surface area contributed by atoms with E-state index in [0.717, 1.165) is 12.0 Å². The fraction of sp³-hybridized carbons (Fsp3) is 1.00. The molecule has 0 radical (unpaired) electrons. The van der Waals surface area contributed by atoms with Gasteiger partial charge >= 0.3 is 0 Å². The van der Waals surface area contributed by atoms with E-state index in [4.69, 9.17) is 0 Å². The molecule has 0 atom stereocenters. The SMILES string of the molecule is C(CNCC1CCC1)CNC1CC1. The predicted molar refractivity (Wildman–Crippen MR) is 55.9 cm³/mol. The van der Waals surface area contributed by atoms with Crippen LogP contribution in [-0.2, 0) is 0 Å². The maximum atomic E-state index is 3.54. The van der Waals surface area contributed by atoms with E-state index < -0.39 is 0 Å². The van der Waals surface area contributed by atoms with Crippen molar-refractivity contribution in [3.63, 3.8) is 0 Å². The normalized spacial score (nSPS) is 23.1. The minimum absolute atomic E-state index is 0.881. The molecule has 0 bridgehead atoms. The Morgan fingerprint density at radius 1 is 1.00 bits per heavy atom. The Morgan fingerprint density at radius 3 is 2.46 bits per heavy atom. The maximum absolute atomic E-state index is 3.54. The highest BCUT2D eigenvalue weighted by molar-refractivity contribution is 4.80. The minimum Gasteiger partial charge on any atom is -0.316 e. The lowest BCUT2D eigenvalue weighted by atomic mass is 9.85. The molecule has 0 unspecified atom stereocenters. The summed E-state index contributed by atoms with van der Waals surface area (Å²) in [7, 11) is 0. The van der Waals surface area contributed by atoms with Crippen molar-refractivity contribution >= 4 is 0 Å². The first kappa shape index (κ1) is 9.47. The van der Waals surface area contributed by atoms with Crippen LogP contribution in [0.3, 0.4) is 0 Å². The monoisotopic (exact) mass is 182 g/mol. The third-order valence-corrected chi connectivity index (χ3v) is 3.20. The number of nitrogens with one attached hydrogen (secondary N) is 2. The molecular formula is C11H22N2. The Balaban J connectivity index is 1.32. The molecule has 2 saturated carbocycles. The van der Waals surface area contributed by atoms with Gasteiger partial charge < -0.3 is 10.6 Å². The van der Waals surface area contributed by atoms with Crippen molar-refractivity contribution in [2.75, 3.05) is 19.6 Å². The number of hydrogen-bond acceptors (Lipinski definition) is 2. The summed E-state index contributed by atoms with van der Waals surface area (Å²) in [4.78, 5) is 0. The molecule has 2 nitrogen and oxygen atoms in total. The van der Waals surface area contributed by atoms with Crippen LogP contribution in [0.25, 0.3) is 0 Å². The second kappa shape index (κ2) is 4.97. The van der Waals surface area contributed by atoms with Crippen LogP contribution in [0.2, 0.25) is 0 Å². The third kappa shape index (κ3) is 3.65. The van der Waals surface area contributed by atoms with Gasteiger partial charge in [0.05, 0.1) is 0 Å². The van der Waals surface area contributed by atoms with Crippen molar-refractivity contribution in [3.8, 4) is 0 Å². The van der Waals surface area contributed by atoms with Crippen molar-refractivity contribution < 1.29 is 0 Å². The molecule has 0 heterocycles. The number of hydrogen-bond donors (Lipinski definition) is 2. The van der Waals surface area contributed by atoms with Crippen molar-refractivity contribution in [2.45, 2.75) is 44.6 Å². The van der Waals surface area contributed by atoms with Crippen LogP contribution in [0.1, 0.15) is 38.5 Å². The van der Waals surface area contributed by atoms with E-state index >= 15 is 0 Å². The van der Waals surface area contributed by atoms with Crippen molar-refractivity contribution in [3.05, 3.63) is 0 Å². The van der Waals surface area contributed by atoms with Crippen LogP contribution in [0.15, 0.2) is 0 Å². The van der Waals surface area contributed by atoms with Crippen LogP contribution in [0.5, 0.6) is 0 Å². The molecule has 0 aromatic carbocycles. The van der Waals surface area contributed by atoms with E-state index in [-0.39, 0.29) is 0 Å². The van der Waals surface area contributed by atoms with Crippen LogP contribution < -0.4 is 10.6 Å². The lowest BCUT2D eigenvalue weighted by molar-refractivity contribution is 0.301. The van der Waals surface area contributed by atoms with Crippen molar-refractivity contribution in [1.82, 2.24) is 10.6 Å². The average molecular weight is 182 g/mol. The van der Waals surface area contributed by atoms with Crippen LogP contribution >= 0.6 is 0 Å². The molecule has 0 amide bonds. The van der Waals surface area contributed by atoms with Gasteiger partial charge in [-0.15, -0.1) is 0 Å². The molecule has 2 aliphatic carbocycles. The first-order valence-electron chi connectivity index (χ1n) is 5.89. The van der Waals surface area contributed by atoms with Crippen molar-refractivity contribution in [1.29, 1.82) is 0 Å². The van der Waals surface area contributed by atoms with Gasteiger partial charge in [0.2, 0.25) is 0 Å². The average Bonchev–Trinajstić information content (AvgIpc) is 2.83. The van der Waals surface area contributed by atoms with E-state index in [9.17, 15) is 0 Å². The fourth-order valence-electron chi connectivity index (χ4n) is 1.81. The zero-order valence-corrected chi connectivity index (χ0v) is 8.52. The minimum atomic E-state index is 0.881. The summed E-state index contributed by atoms with van der Waals surface area (Å²) >= 11 is 0. The molecule has 0 saturated heterocycles. The Morgan fingerprint density at radius 2 is 1.85 bits per heavy atom. The van der Waals surface area contributed by atoms with E-state index in [1.165, 1.54) is 58.2 Å². The van der Waals surface area contributed by atoms with Gasteiger partial charge in [-0.3, -0.25) is 0 Å². The zero-order chi connectivity index (χ0) is 8.93. The molecule has 2 rings (SSSR count). The van der Waals surface area contributed by atoms with Gasteiger partial charge in [0, 0.05) is 6.04 Å². The van der Waals surface area contributed by atoms with Crippen molar-refractivity contribution in [2.24, 2.45) is 5.92 Å². The highest BCUT2D eigenvalue weighted by Crippen LogP contribution is 2.25. The molecule has 0 aliphatic heterocycles. The Bertz CT molecular complexity index is 139. The molecule has 13 heavy (non-hydrogen) atoms.